The molecule has 13 heavy (non-hydrogen) atoms. The average molecular weight is 182 g/mol. The second kappa shape index (κ2) is 4.07. The van der Waals surface area contributed by atoms with Crippen LogP contribution in [0.25, 0.3) is 0 Å². The van der Waals surface area contributed by atoms with Gasteiger partial charge in [0.15, 0.2) is 6.29 Å². The third-order valence-corrected chi connectivity index (χ3v) is 2.50. The second-order valence-corrected chi connectivity index (χ2v) is 3.36. The molecule has 0 aromatic rings. The highest BCUT2D eigenvalue weighted by Crippen LogP contribution is 2.33. The van der Waals surface area contributed by atoms with Gasteiger partial charge in [-0.1, -0.05) is 0 Å². The van der Waals surface area contributed by atoms with Crippen LogP contribution in [0.15, 0.2) is 17.4 Å². The average Bonchev–Trinajstić information content (AvgIpc) is 2.58. The molecule has 0 aromatic heterocycles. The van der Waals surface area contributed by atoms with Crippen LogP contribution in [0.2, 0.25) is 0 Å². The molecular weight excluding hydrogens is 168 g/mol. The molecule has 2 heterocycles. The minimum Gasteiger partial charge on any atom is -0.392 e. The molecule has 0 bridgehead atoms. The number of hydrogen-bond donors (Lipinski definition) is 1. The SMILES string of the molecule is OCC=C=C1CO[C@H]2OCCC[C@@H]12. The minimum absolute atomic E-state index is 0.0434. The largest absolute Gasteiger partial charge is 0.392 e. The van der Waals surface area contributed by atoms with Crippen molar-refractivity contribution in [2.75, 3.05) is 19.8 Å². The summed E-state index contributed by atoms with van der Waals surface area (Å²) in [6.07, 6.45) is 3.79. The van der Waals surface area contributed by atoms with Crippen molar-refractivity contribution in [3.8, 4) is 0 Å². The fourth-order valence-corrected chi connectivity index (χ4v) is 1.86. The first-order chi connectivity index (χ1) is 6.42. The van der Waals surface area contributed by atoms with Crippen molar-refractivity contribution in [1.29, 1.82) is 0 Å². The Hall–Kier alpha value is -0.600. The summed E-state index contributed by atoms with van der Waals surface area (Å²) in [7, 11) is 0. The Morgan fingerprint density at radius 3 is 3.31 bits per heavy atom. The lowest BCUT2D eigenvalue weighted by Crippen LogP contribution is -2.26. The lowest BCUT2D eigenvalue weighted by Gasteiger charge is -2.23. The van der Waals surface area contributed by atoms with Crippen LogP contribution in [-0.2, 0) is 9.47 Å². The zero-order valence-electron chi connectivity index (χ0n) is 7.53. The van der Waals surface area contributed by atoms with Crippen LogP contribution in [0.1, 0.15) is 12.8 Å². The molecule has 3 heteroatoms. The molecule has 0 aliphatic carbocycles. The van der Waals surface area contributed by atoms with Gasteiger partial charge in [-0.05, 0) is 18.9 Å². The van der Waals surface area contributed by atoms with Gasteiger partial charge in [0, 0.05) is 18.1 Å². The van der Waals surface area contributed by atoms with Gasteiger partial charge < -0.3 is 14.6 Å². The molecule has 0 saturated carbocycles. The van der Waals surface area contributed by atoms with Crippen molar-refractivity contribution in [2.24, 2.45) is 5.92 Å². The van der Waals surface area contributed by atoms with E-state index >= 15 is 0 Å². The van der Waals surface area contributed by atoms with Crippen molar-refractivity contribution < 1.29 is 14.6 Å². The number of rotatable bonds is 1. The van der Waals surface area contributed by atoms with Gasteiger partial charge in [-0.25, -0.2) is 0 Å². The molecule has 0 aromatic carbocycles. The van der Waals surface area contributed by atoms with Gasteiger partial charge in [0.2, 0.25) is 0 Å². The normalized spacial score (nSPS) is 32.5. The van der Waals surface area contributed by atoms with Gasteiger partial charge in [-0.3, -0.25) is 0 Å². The molecule has 2 atom stereocenters. The van der Waals surface area contributed by atoms with E-state index in [4.69, 9.17) is 14.6 Å². The van der Waals surface area contributed by atoms with Gasteiger partial charge in [0.25, 0.3) is 0 Å². The van der Waals surface area contributed by atoms with Crippen molar-refractivity contribution >= 4 is 0 Å². The molecule has 1 N–H and O–H groups in total. The molecule has 2 aliphatic heterocycles. The van der Waals surface area contributed by atoms with Crippen molar-refractivity contribution in [3.05, 3.63) is 17.4 Å². The summed E-state index contributed by atoms with van der Waals surface area (Å²) in [6.45, 7) is 1.45. The maximum atomic E-state index is 8.62. The van der Waals surface area contributed by atoms with Crippen LogP contribution in [0, 0.1) is 5.92 Å². The third-order valence-electron chi connectivity index (χ3n) is 2.50. The van der Waals surface area contributed by atoms with E-state index in [1.165, 1.54) is 0 Å². The van der Waals surface area contributed by atoms with E-state index in [-0.39, 0.29) is 12.9 Å². The van der Waals surface area contributed by atoms with Gasteiger partial charge in [0.05, 0.1) is 13.2 Å². The van der Waals surface area contributed by atoms with Crippen LogP contribution in [0.3, 0.4) is 0 Å². The van der Waals surface area contributed by atoms with Crippen LogP contribution in [0.5, 0.6) is 0 Å². The first-order valence-corrected chi connectivity index (χ1v) is 4.70. The highest BCUT2D eigenvalue weighted by atomic mass is 16.7. The first-order valence-electron chi connectivity index (χ1n) is 4.70. The van der Waals surface area contributed by atoms with E-state index in [0.717, 1.165) is 25.0 Å². The molecule has 0 radical (unpaired) electrons. The summed E-state index contributed by atoms with van der Waals surface area (Å²) >= 11 is 0. The van der Waals surface area contributed by atoms with Crippen molar-refractivity contribution in [1.82, 2.24) is 0 Å². The molecule has 2 saturated heterocycles. The van der Waals surface area contributed by atoms with E-state index in [1.807, 2.05) is 0 Å². The van der Waals surface area contributed by atoms with Gasteiger partial charge in [-0.2, -0.15) is 0 Å². The molecule has 0 unspecified atom stereocenters. The van der Waals surface area contributed by atoms with E-state index in [2.05, 4.69) is 5.73 Å². The molecule has 2 aliphatic rings. The van der Waals surface area contributed by atoms with E-state index in [1.54, 1.807) is 6.08 Å². The first kappa shape index (κ1) is 8.97. The molecular formula is C10H14O3. The monoisotopic (exact) mass is 182 g/mol. The smallest absolute Gasteiger partial charge is 0.165 e. The Morgan fingerprint density at radius 2 is 2.46 bits per heavy atom. The number of hydrogen-bond acceptors (Lipinski definition) is 3. The van der Waals surface area contributed by atoms with Crippen LogP contribution in [-0.4, -0.2) is 31.2 Å². The summed E-state index contributed by atoms with van der Waals surface area (Å²) in [5.41, 5.74) is 4.20. The second-order valence-electron chi connectivity index (χ2n) is 3.36. The zero-order chi connectivity index (χ0) is 9.10. The number of aliphatic hydroxyl groups excluding tert-OH is 1. The minimum atomic E-state index is -0.0525. The van der Waals surface area contributed by atoms with Gasteiger partial charge >= 0.3 is 0 Å². The fraction of sp³-hybridized carbons (Fsp3) is 0.700. The summed E-state index contributed by atoms with van der Waals surface area (Å²) in [5, 5.41) is 8.62. The topological polar surface area (TPSA) is 38.7 Å². The van der Waals surface area contributed by atoms with E-state index in [0.29, 0.717) is 12.5 Å². The molecule has 0 amide bonds. The maximum absolute atomic E-state index is 8.62. The van der Waals surface area contributed by atoms with Crippen molar-refractivity contribution in [2.45, 2.75) is 19.1 Å². The molecule has 2 rings (SSSR count). The maximum Gasteiger partial charge on any atom is 0.165 e. The molecule has 2 fully saturated rings. The summed E-state index contributed by atoms with van der Waals surface area (Å²) in [4.78, 5) is 0. The fourth-order valence-electron chi connectivity index (χ4n) is 1.86. The Morgan fingerprint density at radius 1 is 1.54 bits per heavy atom. The summed E-state index contributed by atoms with van der Waals surface area (Å²) in [6, 6.07) is 0. The third kappa shape index (κ3) is 1.84. The van der Waals surface area contributed by atoms with Crippen molar-refractivity contribution in [3.63, 3.8) is 0 Å². The van der Waals surface area contributed by atoms with Crippen LogP contribution >= 0.6 is 0 Å². The Labute approximate surface area is 77.7 Å². The lowest BCUT2D eigenvalue weighted by molar-refractivity contribution is -0.150. The highest BCUT2D eigenvalue weighted by Gasteiger charge is 2.35. The highest BCUT2D eigenvalue weighted by molar-refractivity contribution is 5.12. The number of aliphatic hydroxyl groups is 1. The zero-order valence-corrected chi connectivity index (χ0v) is 7.53. The predicted molar refractivity (Wildman–Crippen MR) is 47.1 cm³/mol. The Bertz CT molecular complexity index is 241. The van der Waals surface area contributed by atoms with E-state index < -0.39 is 0 Å². The Kier molecular flexibility index (Phi) is 2.81. The summed E-state index contributed by atoms with van der Waals surface area (Å²) in [5.74, 6) is 0.372. The molecule has 72 valence electrons. The lowest BCUT2D eigenvalue weighted by atomic mass is 9.95. The molecule has 3 nitrogen and oxygen atoms in total. The Balaban J connectivity index is 2.11. The van der Waals surface area contributed by atoms with Gasteiger partial charge in [-0.15, -0.1) is 5.73 Å². The summed E-state index contributed by atoms with van der Waals surface area (Å²) < 4.78 is 10.9. The number of ether oxygens (including phenoxy) is 2. The quantitative estimate of drug-likeness (QED) is 0.611. The standard InChI is InChI=1S/C10H14O3/c11-5-1-3-8-7-13-10-9(8)4-2-6-12-10/h1,9-11H,2,4-7H2/t3?,9-,10+/m0/s1. The number of fused-ring (bicyclic) bond motifs is 1. The predicted octanol–water partition coefficient (Wildman–Crippen LogP) is 0.843. The van der Waals surface area contributed by atoms with Crippen LogP contribution < -0.4 is 0 Å². The van der Waals surface area contributed by atoms with Crippen LogP contribution in [0.4, 0.5) is 0 Å². The van der Waals surface area contributed by atoms with E-state index in [9.17, 15) is 0 Å². The molecule has 0 spiro atoms. The van der Waals surface area contributed by atoms with Gasteiger partial charge in [0.1, 0.15) is 0 Å².